The fourth-order valence-corrected chi connectivity index (χ4v) is 2.50. The molecule has 0 aliphatic rings. The van der Waals surface area contributed by atoms with Crippen molar-refractivity contribution in [2.75, 3.05) is 5.73 Å². The van der Waals surface area contributed by atoms with Crippen molar-refractivity contribution in [3.8, 4) is 0 Å². The Morgan fingerprint density at radius 2 is 1.89 bits per heavy atom. The molecule has 0 saturated carbocycles. The maximum absolute atomic E-state index is 13.0. The number of rotatable bonds is 3. The molecule has 2 aromatic rings. The third kappa shape index (κ3) is 2.90. The lowest BCUT2D eigenvalue weighted by Crippen LogP contribution is -1.99. The largest absolute Gasteiger partial charge is 0.398 e. The van der Waals surface area contributed by atoms with Gasteiger partial charge >= 0.3 is 0 Å². The molecule has 4 heteroatoms. The molecular formula is C14H12FNOS. The number of carbonyl (C=O) groups is 1. The molecule has 0 aliphatic heterocycles. The molecule has 0 amide bonds. The second kappa shape index (κ2) is 5.23. The van der Waals surface area contributed by atoms with Gasteiger partial charge in [0.1, 0.15) is 5.82 Å². The van der Waals surface area contributed by atoms with Crippen molar-refractivity contribution in [1.29, 1.82) is 0 Å². The van der Waals surface area contributed by atoms with E-state index in [1.165, 1.54) is 30.8 Å². The normalized spacial score (nSPS) is 10.3. The van der Waals surface area contributed by atoms with Gasteiger partial charge < -0.3 is 5.73 Å². The summed E-state index contributed by atoms with van der Waals surface area (Å²) >= 11 is 1.41. The maximum Gasteiger partial charge on any atom is 0.161 e. The Bertz CT molecular complexity index is 598. The molecule has 0 unspecified atom stereocenters. The summed E-state index contributed by atoms with van der Waals surface area (Å²) in [6.45, 7) is 1.48. The Labute approximate surface area is 109 Å². The van der Waals surface area contributed by atoms with Gasteiger partial charge in [-0.1, -0.05) is 17.8 Å². The van der Waals surface area contributed by atoms with Crippen molar-refractivity contribution in [2.24, 2.45) is 0 Å². The SMILES string of the molecule is CC(=O)c1ccc(Sc2cccc(F)c2)cc1N. The molecule has 0 aromatic heterocycles. The van der Waals surface area contributed by atoms with E-state index in [9.17, 15) is 9.18 Å². The highest BCUT2D eigenvalue weighted by atomic mass is 32.2. The fourth-order valence-electron chi connectivity index (χ4n) is 1.59. The van der Waals surface area contributed by atoms with Gasteiger partial charge in [0.25, 0.3) is 0 Å². The van der Waals surface area contributed by atoms with Crippen molar-refractivity contribution in [1.82, 2.24) is 0 Å². The van der Waals surface area contributed by atoms with Gasteiger partial charge in [0.15, 0.2) is 5.78 Å². The van der Waals surface area contributed by atoms with E-state index in [0.29, 0.717) is 11.3 Å². The Balaban J connectivity index is 2.25. The number of ketones is 1. The van der Waals surface area contributed by atoms with E-state index < -0.39 is 0 Å². The molecule has 0 fully saturated rings. The number of halogens is 1. The zero-order valence-corrected chi connectivity index (χ0v) is 10.6. The molecule has 2 nitrogen and oxygen atoms in total. The molecular weight excluding hydrogens is 249 g/mol. The summed E-state index contributed by atoms with van der Waals surface area (Å²) < 4.78 is 13.0. The molecule has 2 rings (SSSR count). The van der Waals surface area contributed by atoms with Gasteiger partial charge in [0.05, 0.1) is 0 Å². The highest BCUT2D eigenvalue weighted by Crippen LogP contribution is 2.30. The standard InChI is InChI=1S/C14H12FNOS/c1-9(17)13-6-5-12(8-14(13)16)18-11-4-2-3-10(15)7-11/h2-8H,16H2,1H3. The smallest absolute Gasteiger partial charge is 0.161 e. The van der Waals surface area contributed by atoms with Gasteiger partial charge in [0, 0.05) is 21.0 Å². The highest BCUT2D eigenvalue weighted by molar-refractivity contribution is 7.99. The van der Waals surface area contributed by atoms with Crippen molar-refractivity contribution in [3.05, 3.63) is 53.8 Å². The molecule has 0 saturated heterocycles. The van der Waals surface area contributed by atoms with Gasteiger partial charge in [0.2, 0.25) is 0 Å². The maximum atomic E-state index is 13.0. The summed E-state index contributed by atoms with van der Waals surface area (Å²) in [6, 6.07) is 11.6. The molecule has 92 valence electrons. The van der Waals surface area contributed by atoms with Gasteiger partial charge in [-0.05, 0) is 43.3 Å². The van der Waals surface area contributed by atoms with Crippen molar-refractivity contribution < 1.29 is 9.18 Å². The molecule has 18 heavy (non-hydrogen) atoms. The van der Waals surface area contributed by atoms with Crippen molar-refractivity contribution in [2.45, 2.75) is 16.7 Å². The summed E-state index contributed by atoms with van der Waals surface area (Å²) in [5.41, 5.74) is 6.76. The average Bonchev–Trinajstić information content (AvgIpc) is 2.28. The summed E-state index contributed by atoms with van der Waals surface area (Å²) in [5.74, 6) is -0.330. The number of nitrogens with two attached hydrogens (primary N) is 1. The molecule has 0 radical (unpaired) electrons. The van der Waals surface area contributed by atoms with Crippen molar-refractivity contribution in [3.63, 3.8) is 0 Å². The van der Waals surface area contributed by atoms with Crippen LogP contribution in [0.1, 0.15) is 17.3 Å². The minimum atomic E-state index is -0.270. The fraction of sp³-hybridized carbons (Fsp3) is 0.0714. The zero-order valence-electron chi connectivity index (χ0n) is 9.81. The Kier molecular flexibility index (Phi) is 3.67. The first-order valence-electron chi connectivity index (χ1n) is 5.40. The topological polar surface area (TPSA) is 43.1 Å². The van der Waals surface area contributed by atoms with Crippen LogP contribution in [0.3, 0.4) is 0 Å². The summed E-state index contributed by atoms with van der Waals surface area (Å²) in [5, 5.41) is 0. The second-order valence-corrected chi connectivity index (χ2v) is 5.01. The molecule has 0 spiro atoms. The summed E-state index contributed by atoms with van der Waals surface area (Å²) in [4.78, 5) is 12.9. The number of carbonyl (C=O) groups excluding carboxylic acids is 1. The Hall–Kier alpha value is -1.81. The molecule has 0 heterocycles. The second-order valence-electron chi connectivity index (χ2n) is 3.86. The monoisotopic (exact) mass is 261 g/mol. The molecule has 0 atom stereocenters. The number of anilines is 1. The van der Waals surface area contributed by atoms with Gasteiger partial charge in [-0.25, -0.2) is 4.39 Å². The molecule has 0 bridgehead atoms. The lowest BCUT2D eigenvalue weighted by Gasteiger charge is -2.06. The van der Waals surface area contributed by atoms with E-state index in [-0.39, 0.29) is 11.6 Å². The van der Waals surface area contributed by atoms with E-state index in [1.54, 1.807) is 18.2 Å². The number of hydrogen-bond acceptors (Lipinski definition) is 3. The highest BCUT2D eigenvalue weighted by Gasteiger charge is 2.06. The minimum Gasteiger partial charge on any atom is -0.398 e. The van der Waals surface area contributed by atoms with E-state index in [2.05, 4.69) is 0 Å². The quantitative estimate of drug-likeness (QED) is 0.675. The van der Waals surface area contributed by atoms with Crippen LogP contribution in [0.25, 0.3) is 0 Å². The predicted molar refractivity (Wildman–Crippen MR) is 71.4 cm³/mol. The summed E-state index contributed by atoms with van der Waals surface area (Å²) in [6.07, 6.45) is 0. The number of benzene rings is 2. The first-order chi connectivity index (χ1) is 8.56. The first-order valence-corrected chi connectivity index (χ1v) is 6.22. The first kappa shape index (κ1) is 12.6. The van der Waals surface area contributed by atoms with Gasteiger partial charge in [-0.2, -0.15) is 0 Å². The van der Waals surface area contributed by atoms with E-state index in [0.717, 1.165) is 9.79 Å². The van der Waals surface area contributed by atoms with E-state index in [4.69, 9.17) is 5.73 Å². The Morgan fingerprint density at radius 3 is 2.50 bits per heavy atom. The van der Waals surface area contributed by atoms with E-state index in [1.807, 2.05) is 12.1 Å². The molecule has 2 aromatic carbocycles. The van der Waals surface area contributed by atoms with Gasteiger partial charge in [-0.15, -0.1) is 0 Å². The van der Waals surface area contributed by atoms with Crippen molar-refractivity contribution >= 4 is 23.2 Å². The van der Waals surface area contributed by atoms with Crippen LogP contribution in [0.4, 0.5) is 10.1 Å². The third-order valence-electron chi connectivity index (χ3n) is 2.43. The molecule has 2 N–H and O–H groups in total. The lowest BCUT2D eigenvalue weighted by molar-refractivity contribution is 0.101. The zero-order chi connectivity index (χ0) is 13.1. The van der Waals surface area contributed by atoms with Crippen LogP contribution in [-0.4, -0.2) is 5.78 Å². The van der Waals surface area contributed by atoms with Crippen LogP contribution >= 0.6 is 11.8 Å². The predicted octanol–water partition coefficient (Wildman–Crippen LogP) is 3.76. The molecule has 0 aliphatic carbocycles. The number of nitrogen functional groups attached to an aromatic ring is 1. The summed E-state index contributed by atoms with van der Waals surface area (Å²) in [7, 11) is 0. The number of Topliss-reactive ketones (excluding diaryl/α,β-unsaturated/α-hetero) is 1. The van der Waals surface area contributed by atoms with Gasteiger partial charge in [-0.3, -0.25) is 4.79 Å². The van der Waals surface area contributed by atoms with Crippen LogP contribution in [0.15, 0.2) is 52.3 Å². The van der Waals surface area contributed by atoms with Crippen LogP contribution in [0.5, 0.6) is 0 Å². The minimum absolute atomic E-state index is 0.0604. The van der Waals surface area contributed by atoms with Crippen LogP contribution in [0.2, 0.25) is 0 Å². The average molecular weight is 261 g/mol. The van der Waals surface area contributed by atoms with Crippen LogP contribution in [0, 0.1) is 5.82 Å². The van der Waals surface area contributed by atoms with Crippen LogP contribution < -0.4 is 5.73 Å². The lowest BCUT2D eigenvalue weighted by atomic mass is 10.1. The Morgan fingerprint density at radius 1 is 1.17 bits per heavy atom. The van der Waals surface area contributed by atoms with E-state index >= 15 is 0 Å². The number of hydrogen-bond donors (Lipinski definition) is 1. The third-order valence-corrected chi connectivity index (χ3v) is 3.41. The van der Waals surface area contributed by atoms with Crippen LogP contribution in [-0.2, 0) is 0 Å².